The number of nitrogens with zero attached hydrogens (tertiary/aromatic N) is 1. The summed E-state index contributed by atoms with van der Waals surface area (Å²) in [6.45, 7) is 0. The molecule has 0 aliphatic heterocycles. The Balaban J connectivity index is 1.18. The summed E-state index contributed by atoms with van der Waals surface area (Å²) < 4.78 is 2.61. The van der Waals surface area contributed by atoms with Crippen molar-refractivity contribution in [3.63, 3.8) is 0 Å². The summed E-state index contributed by atoms with van der Waals surface area (Å²) in [6.07, 6.45) is 0. The van der Waals surface area contributed by atoms with Crippen LogP contribution < -0.4 is 15.9 Å². The lowest BCUT2D eigenvalue weighted by molar-refractivity contribution is 0.633. The van der Waals surface area contributed by atoms with Crippen molar-refractivity contribution >= 4 is 76.6 Å². The van der Waals surface area contributed by atoms with Gasteiger partial charge in [0.15, 0.2) is 0 Å². The minimum absolute atomic E-state index is 0.935. The van der Waals surface area contributed by atoms with E-state index in [4.69, 9.17) is 4.98 Å². The third kappa shape index (κ3) is 4.59. The molecular weight excluding hydrogens is 610 g/mol. The van der Waals surface area contributed by atoms with Gasteiger partial charge in [-0.25, -0.2) is 9.88 Å². The summed E-state index contributed by atoms with van der Waals surface area (Å²) in [5.74, 6) is 0. The van der Waals surface area contributed by atoms with Gasteiger partial charge in [0.25, 0.3) is 0 Å². The fourth-order valence-electron chi connectivity index (χ4n) is 6.89. The fraction of sp³-hybridized carbons (Fsp3) is 0. The lowest BCUT2D eigenvalue weighted by Crippen LogP contribution is -2.30. The van der Waals surface area contributed by atoms with Gasteiger partial charge in [-0.2, -0.15) is 0 Å². The Morgan fingerprint density at radius 3 is 1.79 bits per heavy atom. The van der Waals surface area contributed by atoms with Crippen molar-refractivity contribution in [2.24, 2.45) is 0 Å². The highest BCUT2D eigenvalue weighted by Gasteiger charge is 2.44. The van der Waals surface area contributed by atoms with E-state index in [2.05, 4.69) is 109 Å². The SMILES string of the molecule is O[P+](c1ccccc1)(c1ccccc1)c1ccc(-c2cccc(-c3nc4ccccc4c4c3ccc3c5ccccc5sc34)c2)cc1. The van der Waals surface area contributed by atoms with E-state index < -0.39 is 7.49 Å². The van der Waals surface area contributed by atoms with Crippen molar-refractivity contribution in [3.8, 4) is 22.4 Å². The van der Waals surface area contributed by atoms with E-state index >= 15 is 0 Å². The number of benzene rings is 7. The molecule has 7 aromatic carbocycles. The van der Waals surface area contributed by atoms with Crippen LogP contribution in [0.25, 0.3) is 64.2 Å². The molecule has 47 heavy (non-hydrogen) atoms. The molecule has 222 valence electrons. The zero-order chi connectivity index (χ0) is 31.4. The second-order valence-corrected chi connectivity index (χ2v) is 15.7. The van der Waals surface area contributed by atoms with Crippen molar-refractivity contribution in [1.82, 2.24) is 4.98 Å². The summed E-state index contributed by atoms with van der Waals surface area (Å²) >= 11 is 1.86. The van der Waals surface area contributed by atoms with Crippen LogP contribution in [0.1, 0.15) is 0 Å². The Bertz CT molecular complexity index is 2540. The van der Waals surface area contributed by atoms with Crippen molar-refractivity contribution in [2.45, 2.75) is 0 Å². The van der Waals surface area contributed by atoms with Crippen LogP contribution in [-0.4, -0.2) is 9.88 Å². The van der Waals surface area contributed by atoms with Gasteiger partial charge in [0, 0.05) is 41.9 Å². The van der Waals surface area contributed by atoms with Crippen molar-refractivity contribution in [3.05, 3.63) is 170 Å². The first-order valence-corrected chi connectivity index (χ1v) is 18.3. The largest absolute Gasteiger partial charge is 0.247 e. The first-order chi connectivity index (χ1) is 23.2. The maximum atomic E-state index is 12.4. The normalized spacial score (nSPS) is 11.9. The molecule has 0 spiro atoms. The Hall–Kier alpha value is -5.18. The summed E-state index contributed by atoms with van der Waals surface area (Å²) in [6, 6.07) is 59.0. The Morgan fingerprint density at radius 1 is 0.447 bits per heavy atom. The van der Waals surface area contributed by atoms with E-state index in [-0.39, 0.29) is 0 Å². The lowest BCUT2D eigenvalue weighted by Gasteiger charge is -2.20. The molecule has 0 aliphatic carbocycles. The number of hydrogen-bond acceptors (Lipinski definition) is 3. The molecule has 0 atom stereocenters. The number of pyridine rings is 1. The molecule has 0 aliphatic rings. The smallest absolute Gasteiger partial charge is 0.238 e. The minimum atomic E-state index is -2.79. The van der Waals surface area contributed by atoms with Gasteiger partial charge < -0.3 is 0 Å². The highest BCUT2D eigenvalue weighted by molar-refractivity contribution is 7.91. The van der Waals surface area contributed by atoms with Gasteiger partial charge in [0.1, 0.15) is 15.9 Å². The van der Waals surface area contributed by atoms with E-state index in [1.54, 1.807) is 0 Å². The third-order valence-corrected chi connectivity index (χ3v) is 13.5. The first-order valence-electron chi connectivity index (χ1n) is 15.8. The van der Waals surface area contributed by atoms with Gasteiger partial charge in [-0.05, 0) is 65.7 Å². The molecule has 4 heteroatoms. The molecule has 0 saturated carbocycles. The average molecular weight is 639 g/mol. The van der Waals surface area contributed by atoms with Crippen molar-refractivity contribution < 1.29 is 4.89 Å². The Labute approximate surface area is 277 Å². The molecule has 2 aromatic heterocycles. The van der Waals surface area contributed by atoms with Crippen LogP contribution in [0, 0.1) is 0 Å². The second kappa shape index (κ2) is 11.3. The standard InChI is InChI=1S/C43H29NOPS/c45-46(32-14-3-1-4-15-32,33-16-5-2-6-17-33)34-24-22-29(23-25-34)30-12-11-13-31(28-30)42-38-27-26-36-35-18-8-10-21-40(35)47-43(36)41(38)37-19-7-9-20-39(37)44-42/h1-28,45H/q+1. The van der Waals surface area contributed by atoms with E-state index in [0.717, 1.165) is 49.2 Å². The Kier molecular flexibility index (Phi) is 6.73. The van der Waals surface area contributed by atoms with Gasteiger partial charge in [0.2, 0.25) is 7.49 Å². The van der Waals surface area contributed by atoms with Gasteiger partial charge in [-0.1, -0.05) is 115 Å². The highest BCUT2D eigenvalue weighted by Crippen LogP contribution is 2.51. The topological polar surface area (TPSA) is 33.1 Å². The maximum absolute atomic E-state index is 12.4. The zero-order valence-corrected chi connectivity index (χ0v) is 27.1. The lowest BCUT2D eigenvalue weighted by atomic mass is 9.96. The summed E-state index contributed by atoms with van der Waals surface area (Å²) in [5, 5.41) is 9.04. The van der Waals surface area contributed by atoms with Crippen molar-refractivity contribution in [1.29, 1.82) is 0 Å². The summed E-state index contributed by atoms with van der Waals surface area (Å²) in [4.78, 5) is 17.7. The molecule has 0 bridgehead atoms. The average Bonchev–Trinajstić information content (AvgIpc) is 3.54. The number of para-hydroxylation sites is 1. The molecule has 2 nitrogen and oxygen atoms in total. The zero-order valence-electron chi connectivity index (χ0n) is 25.4. The fourth-order valence-corrected chi connectivity index (χ4v) is 10.8. The molecule has 9 aromatic rings. The molecule has 0 radical (unpaired) electrons. The number of hydrogen-bond donors (Lipinski definition) is 1. The monoisotopic (exact) mass is 638 g/mol. The highest BCUT2D eigenvalue weighted by atomic mass is 32.1. The second-order valence-electron chi connectivity index (χ2n) is 11.9. The molecule has 0 fully saturated rings. The van der Waals surface area contributed by atoms with Gasteiger partial charge >= 0.3 is 0 Å². The van der Waals surface area contributed by atoms with Gasteiger partial charge in [-0.3, -0.25) is 0 Å². The number of fused-ring (bicyclic) bond motifs is 7. The van der Waals surface area contributed by atoms with E-state index in [9.17, 15) is 4.89 Å². The van der Waals surface area contributed by atoms with Crippen LogP contribution in [-0.2, 0) is 0 Å². The van der Waals surface area contributed by atoms with E-state index in [0.29, 0.717) is 0 Å². The summed E-state index contributed by atoms with van der Waals surface area (Å²) in [7, 11) is -2.79. The molecule has 0 unspecified atom stereocenters. The number of rotatable bonds is 5. The molecule has 0 amide bonds. The van der Waals surface area contributed by atoms with E-state index in [1.165, 1.54) is 30.9 Å². The summed E-state index contributed by atoms with van der Waals surface area (Å²) in [5.41, 5.74) is 5.28. The number of aromatic nitrogens is 1. The van der Waals surface area contributed by atoms with Crippen LogP contribution >= 0.6 is 18.8 Å². The maximum Gasteiger partial charge on any atom is 0.238 e. The molecule has 9 rings (SSSR count). The quantitative estimate of drug-likeness (QED) is 0.150. The van der Waals surface area contributed by atoms with Gasteiger partial charge in [0.05, 0.1) is 11.2 Å². The molecule has 0 saturated heterocycles. The molecular formula is C43H29NOPS+. The molecule has 2 heterocycles. The predicted molar refractivity (Wildman–Crippen MR) is 204 cm³/mol. The minimum Gasteiger partial charge on any atom is -0.247 e. The molecule has 1 N–H and O–H groups in total. The Morgan fingerprint density at radius 2 is 1.04 bits per heavy atom. The van der Waals surface area contributed by atoms with Gasteiger partial charge in [-0.15, -0.1) is 11.3 Å². The van der Waals surface area contributed by atoms with Crippen LogP contribution in [0.2, 0.25) is 0 Å². The van der Waals surface area contributed by atoms with Crippen LogP contribution in [0.4, 0.5) is 0 Å². The number of thiophene rings is 1. The van der Waals surface area contributed by atoms with Crippen LogP contribution in [0.3, 0.4) is 0 Å². The predicted octanol–water partition coefficient (Wildman–Crippen LogP) is 10.3. The van der Waals surface area contributed by atoms with Crippen LogP contribution in [0.5, 0.6) is 0 Å². The van der Waals surface area contributed by atoms with Crippen LogP contribution in [0.15, 0.2) is 170 Å². The third-order valence-electron chi connectivity index (χ3n) is 9.18. The van der Waals surface area contributed by atoms with Crippen molar-refractivity contribution in [2.75, 3.05) is 0 Å². The van der Waals surface area contributed by atoms with E-state index in [1.807, 2.05) is 72.0 Å². The first kappa shape index (κ1) is 28.1.